The molecule has 0 aliphatic heterocycles. The molecule has 0 bridgehead atoms. The molecule has 2 nitrogen and oxygen atoms in total. The van der Waals surface area contributed by atoms with Crippen molar-refractivity contribution in [2.45, 2.75) is 32.9 Å². The third kappa shape index (κ3) is 5.50. The molecule has 0 aromatic heterocycles. The van der Waals surface area contributed by atoms with Crippen LogP contribution >= 0.6 is 11.6 Å². The maximum Gasteiger partial charge on any atom is 0.0717 e. The summed E-state index contributed by atoms with van der Waals surface area (Å²) in [7, 11) is 0. The second-order valence-electron chi connectivity index (χ2n) is 4.53. The number of nitrogens with two attached hydrogens (primary N) is 1. The molecule has 0 aliphatic rings. The summed E-state index contributed by atoms with van der Waals surface area (Å²) in [5.74, 6) is 0.620. The minimum atomic E-state index is 0.132. The Labute approximate surface area is 103 Å². The molecule has 2 N–H and O–H groups in total. The number of rotatable bonds is 6. The highest BCUT2D eigenvalue weighted by Crippen LogP contribution is 2.10. The van der Waals surface area contributed by atoms with Crippen molar-refractivity contribution >= 4 is 11.6 Å². The highest BCUT2D eigenvalue weighted by Gasteiger charge is 2.05. The first-order valence-corrected chi connectivity index (χ1v) is 6.03. The third-order valence-electron chi connectivity index (χ3n) is 2.29. The molecule has 1 aromatic carbocycles. The fourth-order valence-corrected chi connectivity index (χ4v) is 1.71. The molecule has 16 heavy (non-hydrogen) atoms. The average Bonchev–Trinajstić information content (AvgIpc) is 2.20. The molecule has 0 amide bonds. The van der Waals surface area contributed by atoms with Gasteiger partial charge in [0.2, 0.25) is 0 Å². The van der Waals surface area contributed by atoms with E-state index < -0.39 is 0 Å². The lowest BCUT2D eigenvalue weighted by molar-refractivity contribution is 0.103. The predicted octanol–water partition coefficient (Wildman–Crippen LogP) is 3.23. The van der Waals surface area contributed by atoms with E-state index in [9.17, 15) is 0 Å². The van der Waals surface area contributed by atoms with E-state index in [4.69, 9.17) is 22.1 Å². The Morgan fingerprint density at radius 2 is 1.88 bits per heavy atom. The van der Waals surface area contributed by atoms with Crippen LogP contribution in [0.5, 0.6) is 0 Å². The van der Waals surface area contributed by atoms with Crippen molar-refractivity contribution in [3.63, 3.8) is 0 Å². The molecule has 0 heterocycles. The number of benzene rings is 1. The zero-order valence-corrected chi connectivity index (χ0v) is 10.7. The first kappa shape index (κ1) is 13.5. The van der Waals surface area contributed by atoms with Gasteiger partial charge in [-0.3, -0.25) is 0 Å². The van der Waals surface area contributed by atoms with Crippen LogP contribution in [0.4, 0.5) is 0 Å². The van der Waals surface area contributed by atoms with Crippen LogP contribution in [0, 0.1) is 5.92 Å². The number of hydrogen-bond acceptors (Lipinski definition) is 2. The maximum atomic E-state index is 5.92. The average molecular weight is 242 g/mol. The molecule has 0 radical (unpaired) electrons. The first-order chi connectivity index (χ1) is 7.58. The van der Waals surface area contributed by atoms with E-state index in [0.717, 1.165) is 17.0 Å². The Bertz CT molecular complexity index is 297. The molecule has 0 aliphatic carbocycles. The van der Waals surface area contributed by atoms with Gasteiger partial charge in [0.25, 0.3) is 0 Å². The second kappa shape index (κ2) is 6.89. The van der Waals surface area contributed by atoms with E-state index in [0.29, 0.717) is 19.1 Å². The van der Waals surface area contributed by atoms with Crippen LogP contribution in [0.2, 0.25) is 5.02 Å². The van der Waals surface area contributed by atoms with Gasteiger partial charge in [-0.25, -0.2) is 0 Å². The van der Waals surface area contributed by atoms with Gasteiger partial charge in [-0.05, 0) is 30.0 Å². The molecular formula is C13H20ClNO. The van der Waals surface area contributed by atoms with Gasteiger partial charge < -0.3 is 10.5 Å². The molecule has 1 atom stereocenters. The topological polar surface area (TPSA) is 35.2 Å². The van der Waals surface area contributed by atoms with Crippen LogP contribution in [0.15, 0.2) is 24.3 Å². The lowest BCUT2D eigenvalue weighted by atomic mass is 10.1. The molecule has 0 unspecified atom stereocenters. The Balaban J connectivity index is 2.22. The van der Waals surface area contributed by atoms with Crippen molar-refractivity contribution in [1.29, 1.82) is 0 Å². The fraction of sp³-hybridized carbons (Fsp3) is 0.538. The maximum absolute atomic E-state index is 5.92. The SMILES string of the molecule is CC(C)C[C@H](N)COCc1ccc(Cl)cc1. The summed E-state index contributed by atoms with van der Waals surface area (Å²) >= 11 is 5.79. The van der Waals surface area contributed by atoms with E-state index in [-0.39, 0.29) is 6.04 Å². The molecular weight excluding hydrogens is 222 g/mol. The van der Waals surface area contributed by atoms with Crippen LogP contribution in [0.25, 0.3) is 0 Å². The van der Waals surface area contributed by atoms with Gasteiger partial charge in [-0.2, -0.15) is 0 Å². The standard InChI is InChI=1S/C13H20ClNO/c1-10(2)7-13(15)9-16-8-11-3-5-12(14)6-4-11/h3-6,10,13H,7-9,15H2,1-2H3/t13-/m0/s1. The van der Waals surface area contributed by atoms with Gasteiger partial charge >= 0.3 is 0 Å². The van der Waals surface area contributed by atoms with Crippen LogP contribution < -0.4 is 5.73 Å². The summed E-state index contributed by atoms with van der Waals surface area (Å²) in [6, 6.07) is 7.81. The number of halogens is 1. The molecule has 1 aromatic rings. The Kier molecular flexibility index (Phi) is 5.81. The van der Waals surface area contributed by atoms with E-state index in [1.165, 1.54) is 0 Å². The van der Waals surface area contributed by atoms with Crippen molar-refractivity contribution in [1.82, 2.24) is 0 Å². The van der Waals surface area contributed by atoms with Crippen molar-refractivity contribution < 1.29 is 4.74 Å². The molecule has 0 saturated carbocycles. The van der Waals surface area contributed by atoms with Crippen molar-refractivity contribution in [3.8, 4) is 0 Å². The highest BCUT2D eigenvalue weighted by molar-refractivity contribution is 6.30. The van der Waals surface area contributed by atoms with E-state index in [1.807, 2.05) is 24.3 Å². The normalized spacial score (nSPS) is 13.1. The van der Waals surface area contributed by atoms with Crippen molar-refractivity contribution in [3.05, 3.63) is 34.9 Å². The monoisotopic (exact) mass is 241 g/mol. The quantitative estimate of drug-likeness (QED) is 0.830. The molecule has 90 valence electrons. The predicted molar refractivity (Wildman–Crippen MR) is 68.5 cm³/mol. The van der Waals surface area contributed by atoms with E-state index in [2.05, 4.69) is 13.8 Å². The molecule has 0 fully saturated rings. The zero-order valence-electron chi connectivity index (χ0n) is 9.95. The van der Waals surface area contributed by atoms with Crippen molar-refractivity contribution in [2.24, 2.45) is 11.7 Å². The van der Waals surface area contributed by atoms with Gasteiger partial charge in [-0.15, -0.1) is 0 Å². The minimum absolute atomic E-state index is 0.132. The molecule has 0 spiro atoms. The van der Waals surface area contributed by atoms with Crippen LogP contribution in [0.3, 0.4) is 0 Å². The Morgan fingerprint density at radius 3 is 2.44 bits per heavy atom. The molecule has 3 heteroatoms. The minimum Gasteiger partial charge on any atom is -0.375 e. The number of hydrogen-bond donors (Lipinski definition) is 1. The van der Waals surface area contributed by atoms with Crippen LogP contribution in [0.1, 0.15) is 25.8 Å². The lowest BCUT2D eigenvalue weighted by Crippen LogP contribution is -2.27. The van der Waals surface area contributed by atoms with Crippen LogP contribution in [-0.4, -0.2) is 12.6 Å². The highest BCUT2D eigenvalue weighted by atomic mass is 35.5. The van der Waals surface area contributed by atoms with E-state index >= 15 is 0 Å². The smallest absolute Gasteiger partial charge is 0.0717 e. The van der Waals surface area contributed by atoms with Gasteiger partial charge in [0.1, 0.15) is 0 Å². The van der Waals surface area contributed by atoms with Gasteiger partial charge in [0, 0.05) is 11.1 Å². The second-order valence-corrected chi connectivity index (χ2v) is 4.97. The third-order valence-corrected chi connectivity index (χ3v) is 2.54. The van der Waals surface area contributed by atoms with Crippen LogP contribution in [-0.2, 0) is 11.3 Å². The van der Waals surface area contributed by atoms with Crippen molar-refractivity contribution in [2.75, 3.05) is 6.61 Å². The summed E-state index contributed by atoms with van der Waals surface area (Å²) in [4.78, 5) is 0. The lowest BCUT2D eigenvalue weighted by Gasteiger charge is -2.14. The number of ether oxygens (including phenoxy) is 1. The summed E-state index contributed by atoms with van der Waals surface area (Å²) in [5, 5.41) is 0.750. The van der Waals surface area contributed by atoms with Gasteiger partial charge in [0.05, 0.1) is 13.2 Å². The largest absolute Gasteiger partial charge is 0.375 e. The summed E-state index contributed by atoms with van der Waals surface area (Å²) in [6.45, 7) is 5.54. The Hall–Kier alpha value is -0.570. The van der Waals surface area contributed by atoms with E-state index in [1.54, 1.807) is 0 Å². The van der Waals surface area contributed by atoms with Gasteiger partial charge in [-0.1, -0.05) is 37.6 Å². The van der Waals surface area contributed by atoms with Gasteiger partial charge in [0.15, 0.2) is 0 Å². The first-order valence-electron chi connectivity index (χ1n) is 5.65. The molecule has 1 rings (SSSR count). The Morgan fingerprint density at radius 1 is 1.25 bits per heavy atom. The fourth-order valence-electron chi connectivity index (χ4n) is 1.58. The zero-order chi connectivity index (χ0) is 12.0. The summed E-state index contributed by atoms with van der Waals surface area (Å²) < 4.78 is 5.55. The summed E-state index contributed by atoms with van der Waals surface area (Å²) in [6.07, 6.45) is 1.00. The summed E-state index contributed by atoms with van der Waals surface area (Å²) in [5.41, 5.74) is 7.04. The molecule has 0 saturated heterocycles.